The molecule has 5 nitrogen and oxygen atoms in total. The van der Waals surface area contributed by atoms with Crippen molar-refractivity contribution >= 4 is 37.6 Å². The summed E-state index contributed by atoms with van der Waals surface area (Å²) >= 11 is 3.28. The smallest absolute Gasteiger partial charge is 0.266 e. The minimum Gasteiger partial charge on any atom is -0.324 e. The fourth-order valence-electron chi connectivity index (χ4n) is 2.22. The summed E-state index contributed by atoms with van der Waals surface area (Å²) in [6.07, 6.45) is 0. The van der Waals surface area contributed by atoms with Gasteiger partial charge in [0, 0.05) is 4.47 Å². The van der Waals surface area contributed by atoms with E-state index in [-0.39, 0.29) is 16.9 Å². The third-order valence-corrected chi connectivity index (χ3v) is 5.19. The second-order valence-electron chi connectivity index (χ2n) is 4.94. The molecule has 114 valence electrons. The zero-order valence-corrected chi connectivity index (χ0v) is 14.1. The van der Waals surface area contributed by atoms with Crippen LogP contribution in [0.3, 0.4) is 0 Å². The molecule has 0 spiro atoms. The van der Waals surface area contributed by atoms with E-state index in [4.69, 9.17) is 0 Å². The summed E-state index contributed by atoms with van der Waals surface area (Å²) in [6.45, 7) is 1.91. The van der Waals surface area contributed by atoms with E-state index < -0.39 is 10.0 Å². The number of benzene rings is 2. The molecular weight excluding hydrogens is 366 g/mol. The highest BCUT2D eigenvalue weighted by atomic mass is 79.9. The lowest BCUT2D eigenvalue weighted by atomic mass is 10.1. The second kappa shape index (κ2) is 5.73. The van der Waals surface area contributed by atoms with Crippen molar-refractivity contribution in [2.24, 2.45) is 4.99 Å². The zero-order valence-electron chi connectivity index (χ0n) is 11.7. The van der Waals surface area contributed by atoms with Crippen LogP contribution in [0.1, 0.15) is 18.5 Å². The van der Waals surface area contributed by atoms with Crippen LogP contribution in [0.4, 0.5) is 5.69 Å². The Bertz CT molecular complexity index is 835. The van der Waals surface area contributed by atoms with Crippen molar-refractivity contribution < 1.29 is 8.42 Å². The van der Waals surface area contributed by atoms with Crippen LogP contribution in [-0.4, -0.2) is 14.4 Å². The topological polar surface area (TPSA) is 70.6 Å². The lowest BCUT2D eigenvalue weighted by molar-refractivity contribution is 0.591. The summed E-state index contributed by atoms with van der Waals surface area (Å²) in [7, 11) is -3.61. The zero-order chi connectivity index (χ0) is 15.7. The molecule has 0 bridgehead atoms. The molecule has 0 fully saturated rings. The summed E-state index contributed by atoms with van der Waals surface area (Å²) in [5.74, 6) is 0.228. The van der Waals surface area contributed by atoms with E-state index in [1.807, 2.05) is 37.3 Å². The number of hydrogen-bond donors (Lipinski definition) is 2. The highest BCUT2D eigenvalue weighted by Gasteiger charge is 2.27. The van der Waals surface area contributed by atoms with Gasteiger partial charge in [-0.3, -0.25) is 0 Å². The molecule has 1 aliphatic heterocycles. The summed E-state index contributed by atoms with van der Waals surface area (Å²) < 4.78 is 27.8. The Morgan fingerprint density at radius 1 is 1.14 bits per heavy atom. The Labute approximate surface area is 137 Å². The third kappa shape index (κ3) is 3.00. The van der Waals surface area contributed by atoms with Crippen LogP contribution in [0.5, 0.6) is 0 Å². The minimum atomic E-state index is -3.61. The van der Waals surface area contributed by atoms with Crippen LogP contribution in [0.25, 0.3) is 0 Å². The molecule has 2 N–H and O–H groups in total. The first-order valence-corrected chi connectivity index (χ1v) is 8.95. The molecule has 1 unspecified atom stereocenters. The molecule has 7 heteroatoms. The van der Waals surface area contributed by atoms with Crippen LogP contribution in [0.15, 0.2) is 62.9 Å². The molecule has 22 heavy (non-hydrogen) atoms. The lowest BCUT2D eigenvalue weighted by Gasteiger charge is -2.22. The first kappa shape index (κ1) is 15.1. The van der Waals surface area contributed by atoms with E-state index in [1.54, 1.807) is 18.2 Å². The van der Waals surface area contributed by atoms with Crippen LogP contribution in [0.2, 0.25) is 0 Å². The maximum Gasteiger partial charge on any atom is 0.266 e. The summed E-state index contributed by atoms with van der Waals surface area (Å²) in [5, 5.41) is 3.02. The number of rotatable bonds is 2. The maximum absolute atomic E-state index is 12.3. The van der Waals surface area contributed by atoms with Crippen molar-refractivity contribution in [3.05, 3.63) is 58.6 Å². The molecule has 0 radical (unpaired) electrons. The number of guanidine groups is 1. The van der Waals surface area contributed by atoms with Crippen molar-refractivity contribution in [2.75, 3.05) is 5.32 Å². The number of aliphatic imine (C=N–C) groups is 1. The van der Waals surface area contributed by atoms with Crippen molar-refractivity contribution in [1.29, 1.82) is 0 Å². The lowest BCUT2D eigenvalue weighted by Crippen LogP contribution is -2.40. The maximum atomic E-state index is 12.3. The number of anilines is 1. The van der Waals surface area contributed by atoms with E-state index in [2.05, 4.69) is 31.0 Å². The van der Waals surface area contributed by atoms with Gasteiger partial charge in [-0.15, -0.1) is 0 Å². The molecule has 1 atom stereocenters. The van der Waals surface area contributed by atoms with Crippen molar-refractivity contribution in [1.82, 2.24) is 4.72 Å². The molecular formula is C15H14BrN3O2S. The van der Waals surface area contributed by atoms with Gasteiger partial charge in [0.25, 0.3) is 10.0 Å². The highest BCUT2D eigenvalue weighted by Crippen LogP contribution is 2.28. The molecule has 2 aromatic carbocycles. The number of sulfonamides is 1. The number of nitrogens with zero attached hydrogens (tertiary/aromatic N) is 1. The molecule has 2 aromatic rings. The fourth-order valence-corrected chi connectivity index (χ4v) is 3.89. The highest BCUT2D eigenvalue weighted by molar-refractivity contribution is 9.10. The summed E-state index contributed by atoms with van der Waals surface area (Å²) in [5.41, 5.74) is 1.53. The molecule has 3 rings (SSSR count). The van der Waals surface area contributed by atoms with Crippen LogP contribution in [0, 0.1) is 0 Å². The SMILES string of the molecule is CC(N=C1Nc2ccc(Br)cc2S(=O)(=O)N1)c1ccccc1. The third-order valence-electron chi connectivity index (χ3n) is 3.32. The van der Waals surface area contributed by atoms with Gasteiger partial charge in [0.1, 0.15) is 4.90 Å². The van der Waals surface area contributed by atoms with Gasteiger partial charge in [-0.05, 0) is 30.7 Å². The second-order valence-corrected chi connectivity index (χ2v) is 7.50. The summed E-state index contributed by atoms with van der Waals surface area (Å²) in [4.78, 5) is 4.63. The molecule has 0 amide bonds. The minimum absolute atomic E-state index is 0.164. The van der Waals surface area contributed by atoms with E-state index in [9.17, 15) is 8.42 Å². The van der Waals surface area contributed by atoms with E-state index in [0.29, 0.717) is 10.2 Å². The molecule has 0 saturated carbocycles. The fraction of sp³-hybridized carbons (Fsp3) is 0.133. The van der Waals surface area contributed by atoms with Crippen molar-refractivity contribution in [2.45, 2.75) is 17.9 Å². The van der Waals surface area contributed by atoms with Gasteiger partial charge in [0.15, 0.2) is 0 Å². The Morgan fingerprint density at radius 2 is 1.86 bits per heavy atom. The average molecular weight is 380 g/mol. The predicted molar refractivity (Wildman–Crippen MR) is 90.4 cm³/mol. The number of nitrogens with one attached hydrogen (secondary N) is 2. The van der Waals surface area contributed by atoms with E-state index in [0.717, 1.165) is 5.56 Å². The average Bonchev–Trinajstić information content (AvgIpc) is 2.48. The molecule has 0 aromatic heterocycles. The summed E-state index contributed by atoms with van der Waals surface area (Å²) in [6, 6.07) is 14.6. The standard InChI is InChI=1S/C15H14BrN3O2S/c1-10(11-5-3-2-4-6-11)17-15-18-13-8-7-12(16)9-14(13)22(20,21)19-15/h2-10H,1H3,(H2,17,18,19). The monoisotopic (exact) mass is 379 g/mol. The number of fused-ring (bicyclic) bond motifs is 1. The van der Waals surface area contributed by atoms with Gasteiger partial charge in [0.2, 0.25) is 5.96 Å². The predicted octanol–water partition coefficient (Wildman–Crippen LogP) is 3.27. The van der Waals surface area contributed by atoms with E-state index >= 15 is 0 Å². The van der Waals surface area contributed by atoms with Crippen molar-refractivity contribution in [3.8, 4) is 0 Å². The number of hydrogen-bond acceptors (Lipinski definition) is 3. The van der Waals surface area contributed by atoms with Gasteiger partial charge in [0.05, 0.1) is 11.7 Å². The molecule has 0 saturated heterocycles. The Morgan fingerprint density at radius 3 is 2.59 bits per heavy atom. The Balaban J connectivity index is 1.95. The molecule has 1 heterocycles. The van der Waals surface area contributed by atoms with Crippen molar-refractivity contribution in [3.63, 3.8) is 0 Å². The van der Waals surface area contributed by atoms with Gasteiger partial charge >= 0.3 is 0 Å². The van der Waals surface area contributed by atoms with Gasteiger partial charge in [-0.25, -0.2) is 18.1 Å². The van der Waals surface area contributed by atoms with Crippen LogP contribution < -0.4 is 10.0 Å². The van der Waals surface area contributed by atoms with Crippen LogP contribution >= 0.6 is 15.9 Å². The largest absolute Gasteiger partial charge is 0.324 e. The van der Waals surface area contributed by atoms with E-state index in [1.165, 1.54) is 0 Å². The van der Waals surface area contributed by atoms with Gasteiger partial charge in [-0.1, -0.05) is 46.3 Å². The van der Waals surface area contributed by atoms with Crippen LogP contribution in [-0.2, 0) is 10.0 Å². The first-order chi connectivity index (χ1) is 10.5. The molecule has 1 aliphatic rings. The quantitative estimate of drug-likeness (QED) is 0.840. The van der Waals surface area contributed by atoms with Gasteiger partial charge < -0.3 is 5.32 Å². The number of halogens is 1. The van der Waals surface area contributed by atoms with Gasteiger partial charge in [-0.2, -0.15) is 0 Å². The molecule has 0 aliphatic carbocycles. The Hall–Kier alpha value is -1.86. The normalized spacial score (nSPS) is 18.9. The first-order valence-electron chi connectivity index (χ1n) is 6.68. The Kier molecular flexibility index (Phi) is 3.92.